The molecule has 3 nitrogen and oxygen atoms in total. The number of halogens is 2. The molecule has 1 aromatic carbocycles. The maximum absolute atomic E-state index is 12.6. The number of carbonyl (C=O) groups is 1. The van der Waals surface area contributed by atoms with Crippen molar-refractivity contribution in [3.63, 3.8) is 0 Å². The molecule has 1 N–H and O–H groups in total. The van der Waals surface area contributed by atoms with Gasteiger partial charge in [0.05, 0.1) is 6.20 Å². The zero-order chi connectivity index (χ0) is 13.0. The molecule has 0 aliphatic rings. The first-order chi connectivity index (χ1) is 8.65. The van der Waals surface area contributed by atoms with Gasteiger partial charge in [-0.25, -0.2) is 9.37 Å². The molecule has 0 spiro atoms. The van der Waals surface area contributed by atoms with Crippen LogP contribution in [-0.4, -0.2) is 10.9 Å². The van der Waals surface area contributed by atoms with Crippen LogP contribution in [0.15, 0.2) is 47.1 Å². The van der Waals surface area contributed by atoms with Gasteiger partial charge in [-0.3, -0.25) is 4.79 Å². The second-order valence-corrected chi connectivity index (χ2v) is 4.59. The van der Waals surface area contributed by atoms with Crippen LogP contribution in [0.3, 0.4) is 0 Å². The van der Waals surface area contributed by atoms with Gasteiger partial charge in [-0.2, -0.15) is 0 Å². The molecular weight excluding hydrogens is 299 g/mol. The van der Waals surface area contributed by atoms with E-state index in [-0.39, 0.29) is 11.6 Å². The first kappa shape index (κ1) is 12.7. The van der Waals surface area contributed by atoms with Crippen LogP contribution < -0.4 is 5.32 Å². The van der Waals surface area contributed by atoms with E-state index in [2.05, 4.69) is 26.2 Å². The molecule has 0 aliphatic heterocycles. The van der Waals surface area contributed by atoms with E-state index in [4.69, 9.17) is 0 Å². The van der Waals surface area contributed by atoms with Crippen molar-refractivity contribution in [2.24, 2.45) is 0 Å². The Hall–Kier alpha value is -1.75. The molecule has 18 heavy (non-hydrogen) atoms. The quantitative estimate of drug-likeness (QED) is 0.947. The van der Waals surface area contributed by atoms with Crippen LogP contribution in [0.2, 0.25) is 0 Å². The summed E-state index contributed by atoms with van der Waals surface area (Å²) in [6.45, 7) is 0.400. The number of nitrogens with one attached hydrogen (secondary N) is 1. The van der Waals surface area contributed by atoms with Gasteiger partial charge in [-0.15, -0.1) is 0 Å². The van der Waals surface area contributed by atoms with Gasteiger partial charge >= 0.3 is 0 Å². The Labute approximate surface area is 112 Å². The Morgan fingerprint density at radius 2 is 2.17 bits per heavy atom. The normalized spacial score (nSPS) is 10.1. The second-order valence-electron chi connectivity index (χ2n) is 3.67. The van der Waals surface area contributed by atoms with E-state index in [0.717, 1.165) is 16.2 Å². The van der Waals surface area contributed by atoms with Crippen LogP contribution in [0.25, 0.3) is 0 Å². The van der Waals surface area contributed by atoms with Crippen LogP contribution >= 0.6 is 15.9 Å². The summed E-state index contributed by atoms with van der Waals surface area (Å²) in [6.07, 6.45) is 1.02. The molecule has 0 bridgehead atoms. The van der Waals surface area contributed by atoms with Gasteiger partial charge in [0.2, 0.25) is 0 Å². The van der Waals surface area contributed by atoms with Crippen molar-refractivity contribution in [1.29, 1.82) is 0 Å². The SMILES string of the molecule is O=C(NCc1cccc(Br)c1)c1ccc(F)cn1. The van der Waals surface area contributed by atoms with E-state index in [1.165, 1.54) is 12.1 Å². The molecule has 2 aromatic rings. The van der Waals surface area contributed by atoms with Crippen LogP contribution in [0, 0.1) is 5.82 Å². The Kier molecular flexibility index (Phi) is 4.04. The molecule has 0 aliphatic carbocycles. The fourth-order valence-corrected chi connectivity index (χ4v) is 1.88. The number of amides is 1. The molecule has 92 valence electrons. The number of rotatable bonds is 3. The zero-order valence-electron chi connectivity index (χ0n) is 9.36. The van der Waals surface area contributed by atoms with Gasteiger partial charge in [0, 0.05) is 11.0 Å². The third kappa shape index (κ3) is 3.37. The molecule has 1 amide bonds. The molecule has 1 aromatic heterocycles. The highest BCUT2D eigenvalue weighted by Gasteiger charge is 2.06. The number of benzene rings is 1. The van der Waals surface area contributed by atoms with E-state index < -0.39 is 5.82 Å². The third-order valence-corrected chi connectivity index (χ3v) is 2.80. The number of nitrogens with zero attached hydrogens (tertiary/aromatic N) is 1. The van der Waals surface area contributed by atoms with E-state index in [1.54, 1.807) is 0 Å². The summed E-state index contributed by atoms with van der Waals surface area (Å²) in [6, 6.07) is 10.2. The molecule has 0 saturated heterocycles. The fourth-order valence-electron chi connectivity index (χ4n) is 1.43. The highest BCUT2D eigenvalue weighted by atomic mass is 79.9. The van der Waals surface area contributed by atoms with E-state index in [0.29, 0.717) is 6.54 Å². The van der Waals surface area contributed by atoms with E-state index in [9.17, 15) is 9.18 Å². The Morgan fingerprint density at radius 3 is 2.83 bits per heavy atom. The van der Waals surface area contributed by atoms with Gasteiger partial charge in [0.25, 0.3) is 5.91 Å². The minimum absolute atomic E-state index is 0.200. The monoisotopic (exact) mass is 308 g/mol. The Balaban J connectivity index is 1.98. The number of hydrogen-bond acceptors (Lipinski definition) is 2. The van der Waals surface area contributed by atoms with Crippen molar-refractivity contribution < 1.29 is 9.18 Å². The molecule has 0 radical (unpaired) electrons. The van der Waals surface area contributed by atoms with Gasteiger partial charge in [0.1, 0.15) is 11.5 Å². The smallest absolute Gasteiger partial charge is 0.270 e. The number of pyridine rings is 1. The van der Waals surface area contributed by atoms with Crippen LogP contribution in [0.5, 0.6) is 0 Å². The molecule has 2 rings (SSSR count). The predicted octanol–water partition coefficient (Wildman–Crippen LogP) is 2.91. The lowest BCUT2D eigenvalue weighted by molar-refractivity contribution is 0.0946. The van der Waals surface area contributed by atoms with Crippen LogP contribution in [-0.2, 0) is 6.54 Å². The average Bonchev–Trinajstić information content (AvgIpc) is 2.37. The van der Waals surface area contributed by atoms with E-state index >= 15 is 0 Å². The van der Waals surface area contributed by atoms with E-state index in [1.807, 2.05) is 24.3 Å². The summed E-state index contributed by atoms with van der Waals surface area (Å²) in [5.74, 6) is -0.784. The molecular formula is C13H10BrFN2O. The largest absolute Gasteiger partial charge is 0.347 e. The fraction of sp³-hybridized carbons (Fsp3) is 0.0769. The standard InChI is InChI=1S/C13H10BrFN2O/c14-10-3-1-2-9(6-10)7-17-13(18)12-5-4-11(15)8-16-12/h1-6,8H,7H2,(H,17,18). The van der Waals surface area contributed by atoms with Crippen molar-refractivity contribution >= 4 is 21.8 Å². The lowest BCUT2D eigenvalue weighted by Crippen LogP contribution is -2.23. The first-order valence-corrected chi connectivity index (χ1v) is 6.08. The first-order valence-electron chi connectivity index (χ1n) is 5.29. The summed E-state index contributed by atoms with van der Waals surface area (Å²) < 4.78 is 13.6. The Morgan fingerprint density at radius 1 is 1.33 bits per heavy atom. The second kappa shape index (κ2) is 5.73. The Bertz CT molecular complexity index is 557. The van der Waals surface area contributed by atoms with Gasteiger partial charge < -0.3 is 5.32 Å². The summed E-state index contributed by atoms with van der Waals surface area (Å²) in [5.41, 5.74) is 1.17. The van der Waals surface area contributed by atoms with Crippen molar-refractivity contribution in [3.05, 3.63) is 64.1 Å². The van der Waals surface area contributed by atoms with Crippen LogP contribution in [0.1, 0.15) is 16.1 Å². The topological polar surface area (TPSA) is 42.0 Å². The van der Waals surface area contributed by atoms with Gasteiger partial charge in [-0.1, -0.05) is 28.1 Å². The lowest BCUT2D eigenvalue weighted by atomic mass is 10.2. The molecule has 0 saturated carbocycles. The van der Waals surface area contributed by atoms with Crippen molar-refractivity contribution in [3.8, 4) is 0 Å². The maximum atomic E-state index is 12.6. The van der Waals surface area contributed by atoms with Gasteiger partial charge in [-0.05, 0) is 29.8 Å². The lowest BCUT2D eigenvalue weighted by Gasteiger charge is -2.05. The van der Waals surface area contributed by atoms with Crippen molar-refractivity contribution in [2.45, 2.75) is 6.54 Å². The average molecular weight is 309 g/mol. The number of aromatic nitrogens is 1. The highest BCUT2D eigenvalue weighted by molar-refractivity contribution is 9.10. The third-order valence-electron chi connectivity index (χ3n) is 2.30. The maximum Gasteiger partial charge on any atom is 0.270 e. The molecule has 1 heterocycles. The van der Waals surface area contributed by atoms with Crippen molar-refractivity contribution in [2.75, 3.05) is 0 Å². The molecule has 0 unspecified atom stereocenters. The summed E-state index contributed by atoms with van der Waals surface area (Å²) in [4.78, 5) is 15.4. The van der Waals surface area contributed by atoms with Crippen molar-refractivity contribution in [1.82, 2.24) is 10.3 Å². The zero-order valence-corrected chi connectivity index (χ0v) is 10.9. The molecule has 0 atom stereocenters. The minimum Gasteiger partial charge on any atom is -0.347 e. The molecule has 0 fully saturated rings. The summed E-state index contributed by atoms with van der Waals surface area (Å²) in [5, 5.41) is 2.72. The van der Waals surface area contributed by atoms with Crippen LogP contribution in [0.4, 0.5) is 4.39 Å². The van der Waals surface area contributed by atoms with Gasteiger partial charge in [0.15, 0.2) is 0 Å². The summed E-state index contributed by atoms with van der Waals surface area (Å²) >= 11 is 3.36. The number of carbonyl (C=O) groups excluding carboxylic acids is 1. The molecule has 5 heteroatoms. The minimum atomic E-state index is -0.460. The number of hydrogen-bond donors (Lipinski definition) is 1. The highest BCUT2D eigenvalue weighted by Crippen LogP contribution is 2.11. The predicted molar refractivity (Wildman–Crippen MR) is 69.5 cm³/mol. The summed E-state index contributed by atoms with van der Waals surface area (Å²) in [7, 11) is 0.